The Hall–Kier alpha value is -7.99. The number of rotatable bonds is 22. The average Bonchev–Trinajstić information content (AvgIpc) is 1.73. The van der Waals surface area contributed by atoms with Crippen molar-refractivity contribution < 1.29 is 77.8 Å². The Morgan fingerprint density at radius 2 is 1.26 bits per heavy atom. The second kappa shape index (κ2) is 29.0. The summed E-state index contributed by atoms with van der Waals surface area (Å²) in [7, 11) is 1.48. The number of nitrogens with zero attached hydrogens (tertiary/aromatic N) is 8. The maximum absolute atomic E-state index is 14.4. The van der Waals surface area contributed by atoms with Crippen LogP contribution in [0.4, 0.5) is 5.69 Å². The molecule has 3 aliphatic rings. The van der Waals surface area contributed by atoms with E-state index in [1.807, 2.05) is 13.8 Å². The Kier molecular flexibility index (Phi) is 22.0. The van der Waals surface area contributed by atoms with Crippen LogP contribution in [0.3, 0.4) is 0 Å². The molecule has 5 heterocycles. The van der Waals surface area contributed by atoms with Crippen molar-refractivity contribution in [3.8, 4) is 39.6 Å². The van der Waals surface area contributed by atoms with E-state index in [2.05, 4.69) is 26.3 Å². The number of pyridine rings is 1. The molecule has 7 rings (SSSR count). The molecule has 2 saturated heterocycles. The molecule has 1 atom stereocenters. The third kappa shape index (κ3) is 17.5. The number of morpholine rings is 1. The highest BCUT2D eigenvalue weighted by atomic mass is 35.5. The van der Waals surface area contributed by atoms with Crippen LogP contribution in [0.2, 0.25) is 10.0 Å². The normalized spacial score (nSPS) is 16.5. The van der Waals surface area contributed by atoms with Crippen molar-refractivity contribution in [1.82, 2.24) is 55.2 Å². The fraction of sp³-hybridized carbons (Fsp3) is 0.463. The van der Waals surface area contributed by atoms with Crippen molar-refractivity contribution in [1.29, 1.82) is 0 Å². The Balaban J connectivity index is 0.943. The van der Waals surface area contributed by atoms with E-state index in [9.17, 15) is 63.6 Å². The molecule has 0 bridgehead atoms. The summed E-state index contributed by atoms with van der Waals surface area (Å²) in [4.78, 5) is 126. The lowest BCUT2D eigenvalue weighted by Crippen LogP contribution is -2.55. The van der Waals surface area contributed by atoms with Gasteiger partial charge in [0.15, 0.2) is 5.69 Å². The Bertz CT molecular complexity index is 3090. The number of carbonyl (C=O) groups excluding carboxylic acids is 5. The maximum atomic E-state index is 14.4. The van der Waals surface area contributed by atoms with Gasteiger partial charge in [-0.2, -0.15) is 5.10 Å². The van der Waals surface area contributed by atoms with Gasteiger partial charge in [0.25, 0.3) is 5.91 Å². The van der Waals surface area contributed by atoms with Crippen molar-refractivity contribution in [3.05, 3.63) is 70.1 Å². The number of amides is 5. The van der Waals surface area contributed by atoms with Crippen LogP contribution in [-0.2, 0) is 49.7 Å². The molecule has 2 fully saturated rings. The summed E-state index contributed by atoms with van der Waals surface area (Å²) in [6, 6.07) is 8.48. The van der Waals surface area contributed by atoms with Crippen molar-refractivity contribution in [3.63, 3.8) is 0 Å². The minimum Gasteiger partial charge on any atom is -0.496 e. The first kappa shape index (κ1) is 63.6. The van der Waals surface area contributed by atoms with Gasteiger partial charge in [-0.25, -0.2) is 9.48 Å². The molecule has 28 nitrogen and oxygen atoms in total. The second-order valence-electron chi connectivity index (χ2n) is 20.7. The summed E-state index contributed by atoms with van der Waals surface area (Å²) in [6.07, 6.45) is 2.12. The summed E-state index contributed by atoms with van der Waals surface area (Å²) in [5, 5.41) is 53.7. The van der Waals surface area contributed by atoms with Crippen LogP contribution >= 0.6 is 23.2 Å². The van der Waals surface area contributed by atoms with Crippen LogP contribution in [0.5, 0.6) is 11.5 Å². The van der Waals surface area contributed by atoms with E-state index >= 15 is 0 Å². The number of hydrogen-bond donors (Lipinski definition) is 8. The first-order valence-electron chi connectivity index (χ1n) is 26.7. The van der Waals surface area contributed by atoms with Crippen LogP contribution in [0, 0.1) is 0 Å². The monoisotopic (exact) mass is 1210 g/mol. The predicted molar refractivity (Wildman–Crippen MR) is 301 cm³/mol. The number of nitrogens with one attached hydrogen (secondary N) is 4. The van der Waals surface area contributed by atoms with Crippen molar-refractivity contribution in [2.75, 3.05) is 124 Å². The number of aliphatic carboxylic acids is 4. The number of benzene rings is 2. The number of ether oxygens (including phenoxy) is 3. The molecule has 5 amide bonds. The number of hydrogen-bond acceptors (Lipinski definition) is 18. The summed E-state index contributed by atoms with van der Waals surface area (Å²) in [5.74, 6) is -7.22. The molecule has 0 radical (unpaired) electrons. The molecule has 84 heavy (non-hydrogen) atoms. The van der Waals surface area contributed by atoms with E-state index in [4.69, 9.17) is 42.5 Å². The number of carboxylic acid groups (broad SMARTS) is 4. The third-order valence-corrected chi connectivity index (χ3v) is 14.4. The first-order valence-corrected chi connectivity index (χ1v) is 27.4. The van der Waals surface area contributed by atoms with Crippen LogP contribution in [-0.4, -0.2) is 243 Å². The second-order valence-corrected chi connectivity index (χ2v) is 21.6. The van der Waals surface area contributed by atoms with Crippen molar-refractivity contribution in [2.45, 2.75) is 44.9 Å². The molecule has 2 aromatic carbocycles. The lowest BCUT2D eigenvalue weighted by atomic mass is 9.95. The number of carboxylic acids is 4. The zero-order valence-corrected chi connectivity index (χ0v) is 47.9. The average molecular weight is 1210 g/mol. The fourth-order valence-electron chi connectivity index (χ4n) is 9.79. The number of aromatic nitrogens is 3. The van der Waals surface area contributed by atoms with Crippen LogP contribution in [0.1, 0.15) is 42.7 Å². The highest BCUT2D eigenvalue weighted by Gasteiger charge is 2.40. The molecule has 8 N–H and O–H groups in total. The van der Waals surface area contributed by atoms with Gasteiger partial charge in [-0.3, -0.25) is 62.9 Å². The molecular formula is C54H66Cl2N12O16. The van der Waals surface area contributed by atoms with Crippen molar-refractivity contribution in [2.24, 2.45) is 0 Å². The van der Waals surface area contributed by atoms with E-state index in [-0.39, 0.29) is 109 Å². The first-order chi connectivity index (χ1) is 40.0. The number of methoxy groups -OCH3 is 1. The van der Waals surface area contributed by atoms with E-state index < -0.39 is 78.6 Å². The van der Waals surface area contributed by atoms with Crippen molar-refractivity contribution >= 4 is 82.3 Å². The highest BCUT2D eigenvalue weighted by Crippen LogP contribution is 2.47. The summed E-state index contributed by atoms with van der Waals surface area (Å²) < 4.78 is 19.4. The molecule has 0 unspecified atom stereocenters. The number of halogens is 2. The van der Waals surface area contributed by atoms with Gasteiger partial charge in [0, 0.05) is 110 Å². The summed E-state index contributed by atoms with van der Waals surface area (Å²) >= 11 is 13.0. The van der Waals surface area contributed by atoms with Gasteiger partial charge in [0.2, 0.25) is 23.6 Å². The van der Waals surface area contributed by atoms with Gasteiger partial charge in [0.1, 0.15) is 24.1 Å². The number of fused-ring (bicyclic) bond motifs is 3. The molecular weight excluding hydrogens is 1140 g/mol. The largest absolute Gasteiger partial charge is 0.496 e. The van der Waals surface area contributed by atoms with Crippen LogP contribution < -0.4 is 30.7 Å². The molecule has 452 valence electrons. The van der Waals surface area contributed by atoms with Gasteiger partial charge in [-0.05, 0) is 50.6 Å². The van der Waals surface area contributed by atoms with Gasteiger partial charge >= 0.3 is 23.9 Å². The van der Waals surface area contributed by atoms with Crippen LogP contribution in [0.25, 0.3) is 28.1 Å². The Morgan fingerprint density at radius 3 is 1.82 bits per heavy atom. The Morgan fingerprint density at radius 1 is 0.690 bits per heavy atom. The van der Waals surface area contributed by atoms with E-state index in [0.29, 0.717) is 74.9 Å². The third-order valence-electron chi connectivity index (χ3n) is 14.0. The van der Waals surface area contributed by atoms with Gasteiger partial charge in [0.05, 0.1) is 88.4 Å². The summed E-state index contributed by atoms with van der Waals surface area (Å²) in [6.45, 7) is 3.63. The SMILES string of the molecule is COc1cc2c(cc1-c1cncc(NC(=O)CNC(=O)CC[C@@H](NC(=O)CNC(=O)CN3CCN(CC(=O)O)CCN(CC(=O)O)CCN(CC(=O)O)CC3)C(=O)O)c1)-c1c(c(C(=O)N3CCOCC3(C)C)nn1-c1cc(Cl)cc(Cl)c1)CO2. The molecule has 0 aliphatic carbocycles. The quantitative estimate of drug-likeness (QED) is 0.0545. The molecule has 30 heteroatoms. The van der Waals surface area contributed by atoms with E-state index in [1.165, 1.54) is 13.3 Å². The van der Waals surface area contributed by atoms with E-state index in [0.717, 1.165) is 0 Å². The maximum Gasteiger partial charge on any atom is 0.326 e. The molecule has 4 aromatic rings. The topological polar surface area (TPSA) is 357 Å². The van der Waals surface area contributed by atoms with Gasteiger partial charge < -0.3 is 60.8 Å². The highest BCUT2D eigenvalue weighted by molar-refractivity contribution is 6.34. The molecule has 0 spiro atoms. The van der Waals surface area contributed by atoms with Crippen LogP contribution in [0.15, 0.2) is 48.8 Å². The van der Waals surface area contributed by atoms with Gasteiger partial charge in [-0.15, -0.1) is 0 Å². The lowest BCUT2D eigenvalue weighted by Gasteiger charge is -2.41. The predicted octanol–water partition coefficient (Wildman–Crippen LogP) is 1.06. The molecule has 2 aromatic heterocycles. The zero-order valence-electron chi connectivity index (χ0n) is 46.4. The van der Waals surface area contributed by atoms with Gasteiger partial charge in [-0.1, -0.05) is 23.2 Å². The summed E-state index contributed by atoms with van der Waals surface area (Å²) in [5.41, 5.74) is 2.86. The zero-order chi connectivity index (χ0) is 60.8. The minimum absolute atomic E-state index is 0.00482. The molecule has 0 saturated carbocycles. The fourth-order valence-corrected chi connectivity index (χ4v) is 10.3. The number of carbonyl (C=O) groups is 9. The standard InChI is InChI=1S/C54H66Cl2N12O16/c1-54(2)31-83-15-14-67(54)52(79)50-39-30-84-42-21-41(82-3)37(20-38(42)51(39)68(62-50)36-18-33(55)17-34(56)19-36)32-16-35(23-57-22-32)60-44(70)24-58-43(69)5-4-40(53(80)81)61-45(71)25-59-46(72)26-63-6-8-64(27-47(73)74)10-12-66(29-49(77)78)13-11-65(9-7-63)28-48(75)76/h16-23,40H,4-15,24-31H2,1-3H3,(H,58,69)(H,59,72)(H,60,70)(H,61,71)(H,73,74)(H,75,76)(H,77,78)(H,80,81)/t40-/m1/s1. The lowest BCUT2D eigenvalue weighted by molar-refractivity contribution is -0.142. The molecule has 3 aliphatic heterocycles. The Labute approximate surface area is 491 Å². The minimum atomic E-state index is -1.56. The van der Waals surface area contributed by atoms with E-state index in [1.54, 1.807) is 71.8 Å². The smallest absolute Gasteiger partial charge is 0.326 e. The number of anilines is 1.